The first-order valence-corrected chi connectivity index (χ1v) is 9.52. The Balaban J connectivity index is 2.11. The SMILES string of the molecule is CCSc1cc(Cl)c(C#N)cc1Cn1cnc2ccc(C(F)(F)F)cc2c1=O. The molecule has 0 aliphatic carbocycles. The third-order valence-corrected chi connectivity index (χ3v) is 5.35. The van der Waals surface area contributed by atoms with Crippen molar-refractivity contribution in [1.82, 2.24) is 9.55 Å². The Morgan fingerprint density at radius 1 is 1.29 bits per heavy atom. The highest BCUT2D eigenvalue weighted by atomic mass is 35.5. The molecule has 0 saturated heterocycles. The normalized spacial score (nSPS) is 11.6. The lowest BCUT2D eigenvalue weighted by atomic mass is 10.1. The van der Waals surface area contributed by atoms with Gasteiger partial charge in [0, 0.05) is 4.90 Å². The van der Waals surface area contributed by atoms with Crippen LogP contribution in [0.25, 0.3) is 10.9 Å². The minimum atomic E-state index is -4.55. The Bertz CT molecular complexity index is 1150. The highest BCUT2D eigenvalue weighted by Crippen LogP contribution is 2.31. The number of nitriles is 1. The predicted octanol–water partition coefficient (Wildman–Crippen LogP) is 5.10. The third-order valence-electron chi connectivity index (χ3n) is 4.06. The maximum absolute atomic E-state index is 13.0. The molecule has 2 aromatic carbocycles. The van der Waals surface area contributed by atoms with E-state index in [1.165, 1.54) is 28.7 Å². The van der Waals surface area contributed by atoms with Crippen molar-refractivity contribution >= 4 is 34.3 Å². The molecule has 0 aliphatic rings. The number of thioether (sulfide) groups is 1. The number of rotatable bonds is 4. The van der Waals surface area contributed by atoms with Crippen LogP contribution in [0.3, 0.4) is 0 Å². The maximum Gasteiger partial charge on any atom is 0.416 e. The second kappa shape index (κ2) is 7.86. The van der Waals surface area contributed by atoms with Crippen LogP contribution in [0, 0.1) is 11.3 Å². The van der Waals surface area contributed by atoms with Gasteiger partial charge in [0.05, 0.1) is 39.9 Å². The number of hydrogen-bond acceptors (Lipinski definition) is 4. The number of aromatic nitrogens is 2. The van der Waals surface area contributed by atoms with Crippen molar-refractivity contribution in [3.63, 3.8) is 0 Å². The minimum absolute atomic E-state index is 0.0617. The van der Waals surface area contributed by atoms with E-state index in [1.807, 2.05) is 13.0 Å². The lowest BCUT2D eigenvalue weighted by molar-refractivity contribution is -0.137. The average molecular weight is 424 g/mol. The number of hydrogen-bond donors (Lipinski definition) is 0. The van der Waals surface area contributed by atoms with Crippen molar-refractivity contribution in [2.45, 2.75) is 24.5 Å². The zero-order valence-corrected chi connectivity index (χ0v) is 16.1. The molecule has 9 heteroatoms. The van der Waals surface area contributed by atoms with Crippen molar-refractivity contribution in [3.05, 3.63) is 68.7 Å². The van der Waals surface area contributed by atoms with Crippen LogP contribution >= 0.6 is 23.4 Å². The third kappa shape index (κ3) is 4.01. The summed E-state index contributed by atoms with van der Waals surface area (Å²) in [4.78, 5) is 17.6. The van der Waals surface area contributed by atoms with E-state index in [9.17, 15) is 23.2 Å². The van der Waals surface area contributed by atoms with Gasteiger partial charge in [-0.1, -0.05) is 18.5 Å². The summed E-state index contributed by atoms with van der Waals surface area (Å²) in [7, 11) is 0. The van der Waals surface area contributed by atoms with E-state index in [1.54, 1.807) is 12.1 Å². The molecule has 0 saturated carbocycles. The van der Waals surface area contributed by atoms with Gasteiger partial charge in [0.25, 0.3) is 5.56 Å². The van der Waals surface area contributed by atoms with Gasteiger partial charge in [-0.2, -0.15) is 18.4 Å². The molecule has 0 spiro atoms. The molecule has 0 amide bonds. The van der Waals surface area contributed by atoms with Gasteiger partial charge < -0.3 is 0 Å². The molecule has 4 nitrogen and oxygen atoms in total. The van der Waals surface area contributed by atoms with Crippen molar-refractivity contribution in [2.24, 2.45) is 0 Å². The highest BCUT2D eigenvalue weighted by molar-refractivity contribution is 7.99. The Morgan fingerprint density at radius 3 is 2.68 bits per heavy atom. The fourth-order valence-corrected chi connectivity index (χ4v) is 3.82. The molecule has 0 unspecified atom stereocenters. The Hall–Kier alpha value is -2.50. The van der Waals surface area contributed by atoms with Crippen molar-refractivity contribution in [2.75, 3.05) is 5.75 Å². The van der Waals surface area contributed by atoms with Gasteiger partial charge in [0.2, 0.25) is 0 Å². The van der Waals surface area contributed by atoms with Crippen LogP contribution in [0.5, 0.6) is 0 Å². The molecule has 0 bridgehead atoms. The fourth-order valence-electron chi connectivity index (χ4n) is 2.73. The van der Waals surface area contributed by atoms with Crippen molar-refractivity contribution < 1.29 is 13.2 Å². The van der Waals surface area contributed by atoms with Gasteiger partial charge in [-0.05, 0) is 41.6 Å². The Kier molecular flexibility index (Phi) is 5.68. The van der Waals surface area contributed by atoms with E-state index in [-0.39, 0.29) is 23.0 Å². The van der Waals surface area contributed by atoms with Gasteiger partial charge >= 0.3 is 6.18 Å². The Labute approximate surface area is 167 Å². The van der Waals surface area contributed by atoms with Crippen LogP contribution in [-0.4, -0.2) is 15.3 Å². The number of nitrogens with zero attached hydrogens (tertiary/aromatic N) is 3. The van der Waals surface area contributed by atoms with E-state index in [4.69, 9.17) is 11.6 Å². The number of fused-ring (bicyclic) bond motifs is 1. The van der Waals surface area contributed by atoms with Gasteiger partial charge in [-0.3, -0.25) is 9.36 Å². The van der Waals surface area contributed by atoms with E-state index in [0.717, 1.165) is 22.8 Å². The highest BCUT2D eigenvalue weighted by Gasteiger charge is 2.30. The van der Waals surface area contributed by atoms with Crippen LogP contribution in [0.2, 0.25) is 5.02 Å². The lowest BCUT2D eigenvalue weighted by Gasteiger charge is -2.13. The van der Waals surface area contributed by atoms with Crippen LogP contribution in [0.1, 0.15) is 23.6 Å². The summed E-state index contributed by atoms with van der Waals surface area (Å²) in [5.74, 6) is 0.745. The number of halogens is 4. The van der Waals surface area contributed by atoms with Crippen LogP contribution in [0.4, 0.5) is 13.2 Å². The number of alkyl halides is 3. The summed E-state index contributed by atoms with van der Waals surface area (Å²) in [5.41, 5.74) is -0.373. The topological polar surface area (TPSA) is 58.7 Å². The van der Waals surface area contributed by atoms with Crippen LogP contribution < -0.4 is 5.56 Å². The largest absolute Gasteiger partial charge is 0.416 e. The molecule has 1 aromatic heterocycles. The molecule has 3 aromatic rings. The molecule has 0 N–H and O–H groups in total. The van der Waals surface area contributed by atoms with Gasteiger partial charge in [0.15, 0.2) is 0 Å². The van der Waals surface area contributed by atoms with E-state index < -0.39 is 17.3 Å². The van der Waals surface area contributed by atoms with Crippen LogP contribution in [0.15, 0.2) is 46.3 Å². The second-order valence-electron chi connectivity index (χ2n) is 5.89. The Morgan fingerprint density at radius 2 is 2.04 bits per heavy atom. The first kappa shape index (κ1) is 20.2. The monoisotopic (exact) mass is 423 g/mol. The standard InChI is InChI=1S/C19H13ClF3N3OS/c1-2-28-17-7-15(20)11(8-24)5-12(17)9-26-10-25-16-4-3-13(19(21,22)23)6-14(16)18(26)27/h3-7,10H,2,9H2,1H3. The molecule has 1 heterocycles. The van der Waals surface area contributed by atoms with Gasteiger partial charge in [0.1, 0.15) is 6.07 Å². The summed E-state index contributed by atoms with van der Waals surface area (Å²) in [6, 6.07) is 8.12. The van der Waals surface area contributed by atoms with Crippen molar-refractivity contribution in [1.29, 1.82) is 5.26 Å². The zero-order chi connectivity index (χ0) is 20.5. The molecule has 28 heavy (non-hydrogen) atoms. The van der Waals surface area contributed by atoms with Gasteiger partial charge in [-0.25, -0.2) is 4.98 Å². The smallest absolute Gasteiger partial charge is 0.294 e. The predicted molar refractivity (Wildman–Crippen MR) is 103 cm³/mol. The van der Waals surface area contributed by atoms with Crippen molar-refractivity contribution in [3.8, 4) is 6.07 Å². The molecule has 3 rings (SSSR count). The summed E-state index contributed by atoms with van der Waals surface area (Å²) in [5, 5.41) is 9.40. The summed E-state index contributed by atoms with van der Waals surface area (Å²) in [6.07, 6.45) is -3.26. The summed E-state index contributed by atoms with van der Waals surface area (Å²) in [6.45, 7) is 2.01. The molecule has 0 radical (unpaired) electrons. The first-order valence-electron chi connectivity index (χ1n) is 8.16. The number of benzene rings is 2. The molecule has 0 fully saturated rings. The minimum Gasteiger partial charge on any atom is -0.294 e. The fraction of sp³-hybridized carbons (Fsp3) is 0.211. The molecule has 0 aliphatic heterocycles. The summed E-state index contributed by atoms with van der Waals surface area (Å²) >= 11 is 7.58. The average Bonchev–Trinajstić information content (AvgIpc) is 2.65. The zero-order valence-electron chi connectivity index (χ0n) is 14.5. The second-order valence-corrected chi connectivity index (χ2v) is 7.60. The molecular weight excluding hydrogens is 411 g/mol. The van der Waals surface area contributed by atoms with E-state index >= 15 is 0 Å². The summed E-state index contributed by atoms with van der Waals surface area (Å²) < 4.78 is 40.2. The van der Waals surface area contributed by atoms with E-state index in [0.29, 0.717) is 10.6 Å². The maximum atomic E-state index is 13.0. The van der Waals surface area contributed by atoms with Crippen LogP contribution in [-0.2, 0) is 12.7 Å². The molecular formula is C19H13ClF3N3OS. The quantitative estimate of drug-likeness (QED) is 0.548. The molecule has 144 valence electrons. The lowest BCUT2D eigenvalue weighted by Crippen LogP contribution is -2.22. The van der Waals surface area contributed by atoms with Gasteiger partial charge in [-0.15, -0.1) is 11.8 Å². The first-order chi connectivity index (χ1) is 13.2. The molecule has 0 atom stereocenters. The van der Waals surface area contributed by atoms with E-state index in [2.05, 4.69) is 4.98 Å².